The quantitative estimate of drug-likeness (QED) is 0.392. The van der Waals surface area contributed by atoms with Crippen LogP contribution in [0, 0.1) is 9.39 Å². The molecule has 0 amide bonds. The number of hydrogen-bond donors (Lipinski definition) is 0. The van der Waals surface area contributed by atoms with Gasteiger partial charge in [-0.25, -0.2) is 4.39 Å². The molecule has 0 saturated carbocycles. The maximum absolute atomic E-state index is 13.2. The number of benzene rings is 2. The van der Waals surface area contributed by atoms with E-state index in [0.717, 1.165) is 11.1 Å². The minimum Gasteiger partial charge on any atom is -0.206 e. The van der Waals surface area contributed by atoms with Gasteiger partial charge >= 0.3 is 0 Å². The first-order valence-corrected chi connectivity index (χ1v) is 7.71. The summed E-state index contributed by atoms with van der Waals surface area (Å²) in [6.45, 7) is 0. The van der Waals surface area contributed by atoms with E-state index in [1.54, 1.807) is 12.1 Å². The fourth-order valence-corrected chi connectivity index (χ4v) is 3.06. The standard InChI is InChI=1S/C13H8Br2FI/c14-11-7-9(4-5-12(11)16)13(15)8-2-1-3-10(17)6-8/h1-7,13H. The average molecular weight is 470 g/mol. The molecule has 0 saturated heterocycles. The lowest BCUT2D eigenvalue weighted by Crippen LogP contribution is -1.94. The van der Waals surface area contributed by atoms with Crippen molar-refractivity contribution >= 4 is 54.5 Å². The lowest BCUT2D eigenvalue weighted by Gasteiger charge is -2.11. The van der Waals surface area contributed by atoms with Crippen molar-refractivity contribution in [2.45, 2.75) is 4.83 Å². The average Bonchev–Trinajstić information content (AvgIpc) is 2.32. The van der Waals surface area contributed by atoms with E-state index in [1.807, 2.05) is 12.1 Å². The van der Waals surface area contributed by atoms with Gasteiger partial charge < -0.3 is 0 Å². The molecule has 88 valence electrons. The Bertz CT molecular complexity index is 543. The number of rotatable bonds is 2. The van der Waals surface area contributed by atoms with E-state index < -0.39 is 0 Å². The van der Waals surface area contributed by atoms with Gasteiger partial charge in [0, 0.05) is 3.57 Å². The molecule has 1 atom stereocenters. The van der Waals surface area contributed by atoms with Crippen LogP contribution in [0.3, 0.4) is 0 Å². The monoisotopic (exact) mass is 468 g/mol. The second-order valence-electron chi connectivity index (χ2n) is 3.59. The normalized spacial score (nSPS) is 12.5. The van der Waals surface area contributed by atoms with Gasteiger partial charge in [0.05, 0.1) is 9.30 Å². The second-order valence-corrected chi connectivity index (χ2v) is 6.61. The first kappa shape index (κ1) is 13.5. The Labute approximate surface area is 130 Å². The van der Waals surface area contributed by atoms with Crippen molar-refractivity contribution in [2.75, 3.05) is 0 Å². The van der Waals surface area contributed by atoms with Crippen molar-refractivity contribution in [3.63, 3.8) is 0 Å². The molecule has 0 aliphatic heterocycles. The summed E-state index contributed by atoms with van der Waals surface area (Å²) in [5.41, 5.74) is 2.19. The highest BCUT2D eigenvalue weighted by molar-refractivity contribution is 14.1. The lowest BCUT2D eigenvalue weighted by atomic mass is 10.1. The van der Waals surface area contributed by atoms with Gasteiger partial charge in [-0.3, -0.25) is 0 Å². The van der Waals surface area contributed by atoms with Crippen LogP contribution < -0.4 is 0 Å². The molecule has 17 heavy (non-hydrogen) atoms. The molecule has 0 nitrogen and oxygen atoms in total. The molecule has 0 bridgehead atoms. The SMILES string of the molecule is Fc1ccc(C(Br)c2cccc(I)c2)cc1Br. The summed E-state index contributed by atoms with van der Waals surface area (Å²) >= 11 is 9.12. The van der Waals surface area contributed by atoms with Crippen LogP contribution in [-0.4, -0.2) is 0 Å². The van der Waals surface area contributed by atoms with E-state index in [-0.39, 0.29) is 10.6 Å². The van der Waals surface area contributed by atoms with E-state index in [9.17, 15) is 4.39 Å². The van der Waals surface area contributed by atoms with Gasteiger partial charge in [-0.15, -0.1) is 0 Å². The molecule has 0 aliphatic carbocycles. The third kappa shape index (κ3) is 3.29. The maximum Gasteiger partial charge on any atom is 0.137 e. The van der Waals surface area contributed by atoms with Gasteiger partial charge in [0.15, 0.2) is 0 Å². The summed E-state index contributed by atoms with van der Waals surface area (Å²) in [5, 5.41) is 0. The summed E-state index contributed by atoms with van der Waals surface area (Å²) in [6.07, 6.45) is 0. The molecule has 1 unspecified atom stereocenters. The van der Waals surface area contributed by atoms with Crippen LogP contribution in [-0.2, 0) is 0 Å². The zero-order valence-corrected chi connectivity index (χ0v) is 14.0. The fourth-order valence-electron chi connectivity index (χ4n) is 1.53. The van der Waals surface area contributed by atoms with E-state index in [1.165, 1.54) is 9.64 Å². The maximum atomic E-state index is 13.2. The molecule has 0 aliphatic rings. The third-order valence-electron chi connectivity index (χ3n) is 2.38. The molecule has 0 radical (unpaired) electrons. The van der Waals surface area contributed by atoms with Gasteiger partial charge in [0.2, 0.25) is 0 Å². The first-order chi connectivity index (χ1) is 8.08. The summed E-state index contributed by atoms with van der Waals surface area (Å²) < 4.78 is 14.8. The van der Waals surface area contributed by atoms with Crippen LogP contribution in [0.5, 0.6) is 0 Å². The van der Waals surface area contributed by atoms with Crippen LogP contribution >= 0.6 is 54.5 Å². The molecule has 0 aromatic heterocycles. The van der Waals surface area contributed by atoms with Crippen LogP contribution in [0.2, 0.25) is 0 Å². The Morgan fingerprint density at radius 3 is 2.41 bits per heavy atom. The summed E-state index contributed by atoms with van der Waals surface area (Å²) in [5.74, 6) is -0.240. The van der Waals surface area contributed by atoms with Gasteiger partial charge in [0.1, 0.15) is 5.82 Å². The predicted molar refractivity (Wildman–Crippen MR) is 84.0 cm³/mol. The van der Waals surface area contributed by atoms with Crippen molar-refractivity contribution in [1.29, 1.82) is 0 Å². The molecule has 4 heteroatoms. The molecule has 0 spiro atoms. The van der Waals surface area contributed by atoms with Gasteiger partial charge in [0.25, 0.3) is 0 Å². The topological polar surface area (TPSA) is 0 Å². The Kier molecular flexibility index (Phi) is 4.60. The molecule has 2 aromatic carbocycles. The smallest absolute Gasteiger partial charge is 0.137 e. The Morgan fingerprint density at radius 1 is 1.06 bits per heavy atom. The van der Waals surface area contributed by atoms with Gasteiger partial charge in [-0.1, -0.05) is 34.1 Å². The largest absolute Gasteiger partial charge is 0.206 e. The van der Waals surface area contributed by atoms with Crippen LogP contribution in [0.25, 0.3) is 0 Å². The van der Waals surface area contributed by atoms with Crippen molar-refractivity contribution in [3.8, 4) is 0 Å². The van der Waals surface area contributed by atoms with E-state index >= 15 is 0 Å². The molecule has 0 N–H and O–H groups in total. The number of alkyl halides is 1. The van der Waals surface area contributed by atoms with E-state index in [2.05, 4.69) is 66.6 Å². The number of hydrogen-bond acceptors (Lipinski definition) is 0. The Balaban J connectivity index is 2.36. The molecular formula is C13H8Br2FI. The highest BCUT2D eigenvalue weighted by Crippen LogP contribution is 2.33. The highest BCUT2D eigenvalue weighted by atomic mass is 127. The summed E-state index contributed by atoms with van der Waals surface area (Å²) in [6, 6.07) is 13.3. The first-order valence-electron chi connectivity index (χ1n) is 4.92. The molecule has 0 heterocycles. The Morgan fingerprint density at radius 2 is 1.76 bits per heavy atom. The lowest BCUT2D eigenvalue weighted by molar-refractivity contribution is 0.620. The molecule has 0 fully saturated rings. The van der Waals surface area contributed by atoms with Crippen molar-refractivity contribution in [1.82, 2.24) is 0 Å². The number of halogens is 4. The second kappa shape index (κ2) is 5.80. The zero-order chi connectivity index (χ0) is 12.4. The Hall–Kier alpha value is 0.0600. The molecule has 2 rings (SSSR count). The van der Waals surface area contributed by atoms with Gasteiger partial charge in [-0.2, -0.15) is 0 Å². The van der Waals surface area contributed by atoms with E-state index in [0.29, 0.717) is 4.47 Å². The third-order valence-corrected chi connectivity index (χ3v) is 4.71. The van der Waals surface area contributed by atoms with Crippen molar-refractivity contribution in [2.24, 2.45) is 0 Å². The minimum absolute atomic E-state index is 0.0779. The van der Waals surface area contributed by atoms with Crippen LogP contribution in [0.4, 0.5) is 4.39 Å². The van der Waals surface area contributed by atoms with Crippen molar-refractivity contribution in [3.05, 3.63) is 67.5 Å². The highest BCUT2D eigenvalue weighted by Gasteiger charge is 2.12. The minimum atomic E-state index is -0.240. The molecular weight excluding hydrogens is 462 g/mol. The summed E-state index contributed by atoms with van der Waals surface area (Å²) in [4.78, 5) is 0.0779. The van der Waals surface area contributed by atoms with E-state index in [4.69, 9.17) is 0 Å². The summed E-state index contributed by atoms with van der Waals surface area (Å²) in [7, 11) is 0. The van der Waals surface area contributed by atoms with Gasteiger partial charge in [-0.05, 0) is 73.9 Å². The molecule has 2 aromatic rings. The van der Waals surface area contributed by atoms with Crippen LogP contribution in [0.1, 0.15) is 16.0 Å². The predicted octanol–water partition coefficient (Wildman–Crippen LogP) is 5.68. The fraction of sp³-hybridized carbons (Fsp3) is 0.0769. The van der Waals surface area contributed by atoms with Crippen LogP contribution in [0.15, 0.2) is 46.9 Å². The zero-order valence-electron chi connectivity index (χ0n) is 8.63. The van der Waals surface area contributed by atoms with Crippen molar-refractivity contribution < 1.29 is 4.39 Å².